The molecule has 3 rings (SSSR count). The summed E-state index contributed by atoms with van der Waals surface area (Å²) in [6.45, 7) is 4.27. The van der Waals surface area contributed by atoms with E-state index in [2.05, 4.69) is 29.4 Å². The maximum Gasteiger partial charge on any atom is 0.234 e. The Morgan fingerprint density at radius 3 is 2.67 bits per heavy atom. The molecule has 0 radical (unpaired) electrons. The minimum Gasteiger partial charge on any atom is -0.309 e. The standard InChI is InChI=1S/C12H19N5S/c1-12(2,13-3)10-16-17-9(8-6-4-5-7-8)14-15-11(17)18-10/h8,13H,4-7H2,1-3H3. The molecular weight excluding hydrogens is 246 g/mol. The summed E-state index contributed by atoms with van der Waals surface area (Å²) in [5, 5.41) is 17.7. The van der Waals surface area contributed by atoms with Crippen LogP contribution in [-0.4, -0.2) is 26.9 Å². The zero-order chi connectivity index (χ0) is 12.8. The van der Waals surface area contributed by atoms with E-state index in [4.69, 9.17) is 5.10 Å². The molecule has 98 valence electrons. The van der Waals surface area contributed by atoms with Crippen LogP contribution in [0.25, 0.3) is 4.96 Å². The van der Waals surface area contributed by atoms with E-state index in [0.717, 1.165) is 15.8 Å². The summed E-state index contributed by atoms with van der Waals surface area (Å²) in [6, 6.07) is 0. The number of hydrogen-bond acceptors (Lipinski definition) is 5. The SMILES string of the molecule is CNC(C)(C)c1nn2c(C3CCCC3)nnc2s1. The second-order valence-electron chi connectivity index (χ2n) is 5.52. The lowest BCUT2D eigenvalue weighted by Crippen LogP contribution is -2.33. The average Bonchev–Trinajstić information content (AvgIpc) is 3.03. The van der Waals surface area contributed by atoms with Crippen LogP contribution < -0.4 is 5.32 Å². The molecule has 1 aliphatic carbocycles. The van der Waals surface area contributed by atoms with Crippen molar-refractivity contribution in [1.82, 2.24) is 25.1 Å². The number of nitrogens with one attached hydrogen (secondary N) is 1. The summed E-state index contributed by atoms with van der Waals surface area (Å²) in [7, 11) is 1.96. The first-order valence-electron chi connectivity index (χ1n) is 6.53. The van der Waals surface area contributed by atoms with Crippen molar-refractivity contribution in [2.45, 2.75) is 51.0 Å². The van der Waals surface area contributed by atoms with Crippen LogP contribution in [0.2, 0.25) is 0 Å². The average molecular weight is 265 g/mol. The molecule has 1 fully saturated rings. The zero-order valence-corrected chi connectivity index (χ0v) is 11.9. The molecule has 18 heavy (non-hydrogen) atoms. The van der Waals surface area contributed by atoms with Crippen LogP contribution in [0.5, 0.6) is 0 Å². The van der Waals surface area contributed by atoms with Crippen molar-refractivity contribution in [3.05, 3.63) is 10.8 Å². The third kappa shape index (κ3) is 1.83. The molecule has 1 N–H and O–H groups in total. The van der Waals surface area contributed by atoms with Gasteiger partial charge in [0.1, 0.15) is 5.01 Å². The molecular formula is C12H19N5S. The van der Waals surface area contributed by atoms with Gasteiger partial charge in [-0.3, -0.25) is 0 Å². The minimum atomic E-state index is -0.113. The molecule has 0 aliphatic heterocycles. The van der Waals surface area contributed by atoms with Crippen LogP contribution in [0.1, 0.15) is 56.3 Å². The van der Waals surface area contributed by atoms with E-state index in [1.165, 1.54) is 25.7 Å². The van der Waals surface area contributed by atoms with Crippen LogP contribution in [-0.2, 0) is 5.54 Å². The second-order valence-corrected chi connectivity index (χ2v) is 6.47. The third-order valence-corrected chi connectivity index (χ3v) is 5.12. The molecule has 0 bridgehead atoms. The monoisotopic (exact) mass is 265 g/mol. The van der Waals surface area contributed by atoms with E-state index in [0.29, 0.717) is 5.92 Å². The van der Waals surface area contributed by atoms with Gasteiger partial charge in [0.05, 0.1) is 5.54 Å². The van der Waals surface area contributed by atoms with Crippen LogP contribution in [0.15, 0.2) is 0 Å². The molecule has 0 aromatic carbocycles. The molecule has 5 nitrogen and oxygen atoms in total. The largest absolute Gasteiger partial charge is 0.309 e. The number of rotatable bonds is 3. The van der Waals surface area contributed by atoms with E-state index >= 15 is 0 Å². The Kier molecular flexibility index (Phi) is 2.86. The maximum absolute atomic E-state index is 4.71. The number of fused-ring (bicyclic) bond motifs is 1. The molecule has 0 saturated heterocycles. The van der Waals surface area contributed by atoms with Gasteiger partial charge >= 0.3 is 0 Å². The van der Waals surface area contributed by atoms with E-state index in [1.807, 2.05) is 11.6 Å². The molecule has 0 unspecified atom stereocenters. The summed E-state index contributed by atoms with van der Waals surface area (Å²) >= 11 is 1.62. The van der Waals surface area contributed by atoms with Gasteiger partial charge in [-0.05, 0) is 33.7 Å². The molecule has 2 heterocycles. The Morgan fingerprint density at radius 2 is 2.00 bits per heavy atom. The van der Waals surface area contributed by atoms with E-state index in [9.17, 15) is 0 Å². The summed E-state index contributed by atoms with van der Waals surface area (Å²) in [5.41, 5.74) is -0.113. The highest BCUT2D eigenvalue weighted by Gasteiger charge is 2.27. The van der Waals surface area contributed by atoms with Gasteiger partial charge in [0.2, 0.25) is 4.96 Å². The molecule has 0 spiro atoms. The van der Waals surface area contributed by atoms with Gasteiger partial charge in [-0.25, -0.2) is 0 Å². The smallest absolute Gasteiger partial charge is 0.234 e. The second kappa shape index (κ2) is 4.28. The molecule has 6 heteroatoms. The zero-order valence-electron chi connectivity index (χ0n) is 11.1. The molecule has 0 amide bonds. The van der Waals surface area contributed by atoms with Gasteiger partial charge in [-0.2, -0.15) is 9.61 Å². The summed E-state index contributed by atoms with van der Waals surface area (Å²) in [5.74, 6) is 1.60. The fourth-order valence-corrected chi connectivity index (χ4v) is 3.39. The molecule has 1 aliphatic rings. The van der Waals surface area contributed by atoms with Crippen molar-refractivity contribution < 1.29 is 0 Å². The summed E-state index contributed by atoms with van der Waals surface area (Å²) in [6.07, 6.45) is 5.06. The molecule has 0 atom stereocenters. The van der Waals surface area contributed by atoms with Crippen molar-refractivity contribution in [2.75, 3.05) is 7.05 Å². The lowest BCUT2D eigenvalue weighted by atomic mass is 10.1. The highest BCUT2D eigenvalue weighted by atomic mass is 32.1. The normalized spacial score (nSPS) is 17.9. The lowest BCUT2D eigenvalue weighted by molar-refractivity contribution is 0.435. The van der Waals surface area contributed by atoms with E-state index in [-0.39, 0.29) is 5.54 Å². The van der Waals surface area contributed by atoms with Crippen molar-refractivity contribution in [2.24, 2.45) is 0 Å². The first kappa shape index (κ1) is 12.0. The Morgan fingerprint density at radius 1 is 1.28 bits per heavy atom. The Hall–Kier alpha value is -1.01. The third-order valence-electron chi connectivity index (χ3n) is 3.89. The highest BCUT2D eigenvalue weighted by molar-refractivity contribution is 7.16. The van der Waals surface area contributed by atoms with Crippen molar-refractivity contribution >= 4 is 16.3 Å². The number of hydrogen-bond donors (Lipinski definition) is 1. The molecule has 2 aromatic heterocycles. The van der Waals surface area contributed by atoms with Crippen molar-refractivity contribution in [1.29, 1.82) is 0 Å². The number of nitrogens with zero attached hydrogens (tertiary/aromatic N) is 4. The van der Waals surface area contributed by atoms with Gasteiger partial charge in [-0.15, -0.1) is 10.2 Å². The quantitative estimate of drug-likeness (QED) is 0.925. The predicted octanol–water partition coefficient (Wildman–Crippen LogP) is 2.30. The van der Waals surface area contributed by atoms with Crippen LogP contribution in [0, 0.1) is 0 Å². The van der Waals surface area contributed by atoms with Gasteiger partial charge in [-0.1, -0.05) is 24.2 Å². The Bertz CT molecular complexity index is 550. The topological polar surface area (TPSA) is 55.1 Å². The molecule has 1 saturated carbocycles. The summed E-state index contributed by atoms with van der Waals surface area (Å²) in [4.78, 5) is 0.912. The van der Waals surface area contributed by atoms with Crippen molar-refractivity contribution in [3.63, 3.8) is 0 Å². The lowest BCUT2D eigenvalue weighted by Gasteiger charge is -2.19. The maximum atomic E-state index is 4.71. The fourth-order valence-electron chi connectivity index (χ4n) is 2.43. The summed E-state index contributed by atoms with van der Waals surface area (Å²) < 4.78 is 1.95. The van der Waals surface area contributed by atoms with Crippen LogP contribution in [0.3, 0.4) is 0 Å². The van der Waals surface area contributed by atoms with E-state index < -0.39 is 0 Å². The van der Waals surface area contributed by atoms with Gasteiger partial charge < -0.3 is 5.32 Å². The Labute approximate surface area is 111 Å². The first-order valence-corrected chi connectivity index (χ1v) is 7.35. The van der Waals surface area contributed by atoms with Gasteiger partial charge in [0.25, 0.3) is 0 Å². The number of aromatic nitrogens is 4. The highest BCUT2D eigenvalue weighted by Crippen LogP contribution is 2.34. The molecule has 2 aromatic rings. The van der Waals surface area contributed by atoms with Crippen LogP contribution >= 0.6 is 11.3 Å². The van der Waals surface area contributed by atoms with Gasteiger partial charge in [0, 0.05) is 5.92 Å². The first-order chi connectivity index (χ1) is 8.62. The predicted molar refractivity (Wildman–Crippen MR) is 72.0 cm³/mol. The minimum absolute atomic E-state index is 0.113. The van der Waals surface area contributed by atoms with Crippen LogP contribution in [0.4, 0.5) is 0 Å². The van der Waals surface area contributed by atoms with E-state index in [1.54, 1.807) is 11.3 Å². The van der Waals surface area contributed by atoms with Crippen molar-refractivity contribution in [3.8, 4) is 0 Å². The fraction of sp³-hybridized carbons (Fsp3) is 0.750. The van der Waals surface area contributed by atoms with Gasteiger partial charge in [0.15, 0.2) is 5.82 Å². The Balaban J connectivity index is 2.02.